The first-order valence-electron chi connectivity index (χ1n) is 6.45. The number of likely N-dealkylation sites (N-methyl/N-ethyl adjacent to an activating group) is 1. The van der Waals surface area contributed by atoms with Gasteiger partial charge in [0.1, 0.15) is 5.56 Å². The Labute approximate surface area is 116 Å². The largest absolute Gasteiger partial charge is 0.477 e. The van der Waals surface area contributed by atoms with Gasteiger partial charge in [-0.05, 0) is 32.0 Å². The van der Waals surface area contributed by atoms with Crippen molar-refractivity contribution in [2.24, 2.45) is 0 Å². The highest BCUT2D eigenvalue weighted by molar-refractivity contribution is 5.93. The second-order valence-corrected chi connectivity index (χ2v) is 4.93. The Morgan fingerprint density at radius 1 is 1.55 bits per heavy atom. The summed E-state index contributed by atoms with van der Waals surface area (Å²) in [5.74, 6) is -1.30. The summed E-state index contributed by atoms with van der Waals surface area (Å²) in [6, 6.07) is 4.72. The quantitative estimate of drug-likeness (QED) is 0.583. The molecular weight excluding hydrogens is 262 g/mol. The standard InChI is InChI=1S/C13H17N3O4/c1-15(10-3-4-10)7-6-14-9-2-5-12(16(19)20)11(8-9)13(17)18/h2,5,8,10,14H,3-4,6-7H2,1H3,(H,17,18). The number of carboxylic acids is 1. The molecule has 0 amide bonds. The molecule has 1 aliphatic rings. The van der Waals surface area contributed by atoms with E-state index in [-0.39, 0.29) is 5.56 Å². The summed E-state index contributed by atoms with van der Waals surface area (Å²) in [5.41, 5.74) is -0.106. The number of carbonyl (C=O) groups is 1. The van der Waals surface area contributed by atoms with E-state index in [4.69, 9.17) is 5.11 Å². The third-order valence-electron chi connectivity index (χ3n) is 3.39. The lowest BCUT2D eigenvalue weighted by Crippen LogP contribution is -2.27. The van der Waals surface area contributed by atoms with E-state index in [1.807, 2.05) is 0 Å². The fraction of sp³-hybridized carbons (Fsp3) is 0.462. The van der Waals surface area contributed by atoms with Gasteiger partial charge in [-0.1, -0.05) is 0 Å². The monoisotopic (exact) mass is 279 g/mol. The van der Waals surface area contributed by atoms with Crippen LogP contribution in [0.15, 0.2) is 18.2 Å². The van der Waals surface area contributed by atoms with E-state index < -0.39 is 16.6 Å². The van der Waals surface area contributed by atoms with Crippen molar-refractivity contribution in [3.05, 3.63) is 33.9 Å². The molecule has 0 spiro atoms. The molecule has 1 fully saturated rings. The van der Waals surface area contributed by atoms with Gasteiger partial charge in [0.05, 0.1) is 4.92 Å². The lowest BCUT2D eigenvalue weighted by Gasteiger charge is -2.16. The molecule has 0 bridgehead atoms. The molecule has 20 heavy (non-hydrogen) atoms. The average Bonchev–Trinajstić information content (AvgIpc) is 3.22. The third kappa shape index (κ3) is 3.45. The maximum absolute atomic E-state index is 11.0. The molecule has 1 aliphatic carbocycles. The van der Waals surface area contributed by atoms with Crippen LogP contribution in [0.3, 0.4) is 0 Å². The average molecular weight is 279 g/mol. The van der Waals surface area contributed by atoms with Gasteiger partial charge in [0.2, 0.25) is 0 Å². The molecule has 0 atom stereocenters. The van der Waals surface area contributed by atoms with Crippen molar-refractivity contribution in [3.63, 3.8) is 0 Å². The normalized spacial score (nSPS) is 14.3. The SMILES string of the molecule is CN(CCNc1ccc([N+](=O)[O-])c(C(=O)O)c1)C1CC1. The predicted molar refractivity (Wildman–Crippen MR) is 74.2 cm³/mol. The van der Waals surface area contributed by atoms with Crippen LogP contribution in [0.2, 0.25) is 0 Å². The Kier molecular flexibility index (Phi) is 4.19. The van der Waals surface area contributed by atoms with E-state index in [1.165, 1.54) is 31.0 Å². The van der Waals surface area contributed by atoms with Crippen molar-refractivity contribution < 1.29 is 14.8 Å². The van der Waals surface area contributed by atoms with Crippen LogP contribution in [0.1, 0.15) is 23.2 Å². The molecule has 0 radical (unpaired) electrons. The Hall–Kier alpha value is -2.15. The van der Waals surface area contributed by atoms with Gasteiger partial charge in [0.15, 0.2) is 0 Å². The molecular formula is C13H17N3O4. The van der Waals surface area contributed by atoms with Gasteiger partial charge >= 0.3 is 5.97 Å². The number of hydrogen-bond donors (Lipinski definition) is 2. The fourth-order valence-corrected chi connectivity index (χ4v) is 2.05. The summed E-state index contributed by atoms with van der Waals surface area (Å²) in [4.78, 5) is 23.3. The Balaban J connectivity index is 1.99. The van der Waals surface area contributed by atoms with Crippen molar-refractivity contribution in [1.82, 2.24) is 4.90 Å². The van der Waals surface area contributed by atoms with E-state index in [0.29, 0.717) is 18.3 Å². The van der Waals surface area contributed by atoms with Gasteiger partial charge in [0, 0.05) is 30.9 Å². The summed E-state index contributed by atoms with van der Waals surface area (Å²) in [6.07, 6.45) is 2.47. The molecule has 0 aliphatic heterocycles. The number of anilines is 1. The van der Waals surface area contributed by atoms with Crippen LogP contribution in [-0.2, 0) is 0 Å². The van der Waals surface area contributed by atoms with Gasteiger partial charge in [-0.3, -0.25) is 10.1 Å². The highest BCUT2D eigenvalue weighted by Gasteiger charge is 2.25. The number of carboxylic acid groups (broad SMARTS) is 1. The zero-order valence-electron chi connectivity index (χ0n) is 11.2. The summed E-state index contributed by atoms with van der Waals surface area (Å²) in [7, 11) is 2.05. The first-order chi connectivity index (χ1) is 9.49. The van der Waals surface area contributed by atoms with Gasteiger partial charge in [-0.2, -0.15) is 0 Å². The zero-order valence-corrected chi connectivity index (χ0v) is 11.2. The molecule has 2 rings (SSSR count). The van der Waals surface area contributed by atoms with E-state index >= 15 is 0 Å². The lowest BCUT2D eigenvalue weighted by atomic mass is 10.1. The number of rotatable bonds is 7. The van der Waals surface area contributed by atoms with Gasteiger partial charge in [0.25, 0.3) is 5.69 Å². The molecule has 1 aromatic rings. The number of nitrogens with one attached hydrogen (secondary N) is 1. The molecule has 7 heteroatoms. The number of nitro benzene ring substituents is 1. The van der Waals surface area contributed by atoms with Gasteiger partial charge in [-0.15, -0.1) is 0 Å². The molecule has 0 heterocycles. The lowest BCUT2D eigenvalue weighted by molar-refractivity contribution is -0.385. The highest BCUT2D eigenvalue weighted by Crippen LogP contribution is 2.25. The van der Waals surface area contributed by atoms with Gasteiger partial charge in [-0.25, -0.2) is 4.79 Å². The van der Waals surface area contributed by atoms with Crippen LogP contribution >= 0.6 is 0 Å². The molecule has 7 nitrogen and oxygen atoms in total. The summed E-state index contributed by atoms with van der Waals surface area (Å²) < 4.78 is 0. The Morgan fingerprint density at radius 2 is 2.25 bits per heavy atom. The smallest absolute Gasteiger partial charge is 0.342 e. The number of nitrogens with zero attached hydrogens (tertiary/aromatic N) is 2. The second kappa shape index (κ2) is 5.87. The maximum atomic E-state index is 11.0. The van der Waals surface area contributed by atoms with E-state index in [1.54, 1.807) is 0 Å². The van der Waals surface area contributed by atoms with Gasteiger partial charge < -0.3 is 15.3 Å². The van der Waals surface area contributed by atoms with Crippen molar-refractivity contribution >= 4 is 17.3 Å². The predicted octanol–water partition coefficient (Wildman–Crippen LogP) is 1.80. The minimum atomic E-state index is -1.30. The number of benzene rings is 1. The highest BCUT2D eigenvalue weighted by atomic mass is 16.6. The number of aromatic carboxylic acids is 1. The third-order valence-corrected chi connectivity index (χ3v) is 3.39. The molecule has 1 saturated carbocycles. The Bertz CT molecular complexity index is 528. The summed E-state index contributed by atoms with van der Waals surface area (Å²) in [5, 5.41) is 22.8. The summed E-state index contributed by atoms with van der Waals surface area (Å²) >= 11 is 0. The van der Waals surface area contributed by atoms with Crippen molar-refractivity contribution in [2.45, 2.75) is 18.9 Å². The topological polar surface area (TPSA) is 95.7 Å². The minimum Gasteiger partial charge on any atom is -0.477 e. The van der Waals surface area contributed by atoms with Crippen LogP contribution in [0, 0.1) is 10.1 Å². The minimum absolute atomic E-state index is 0.296. The second-order valence-electron chi connectivity index (χ2n) is 4.93. The van der Waals surface area contributed by atoms with E-state index in [9.17, 15) is 14.9 Å². The van der Waals surface area contributed by atoms with E-state index in [2.05, 4.69) is 17.3 Å². The first kappa shape index (κ1) is 14.3. The summed E-state index contributed by atoms with van der Waals surface area (Å²) in [6.45, 7) is 1.52. The van der Waals surface area contributed by atoms with Crippen LogP contribution in [0.5, 0.6) is 0 Å². The maximum Gasteiger partial charge on any atom is 0.342 e. The van der Waals surface area contributed by atoms with Crippen LogP contribution in [-0.4, -0.2) is 47.1 Å². The molecule has 0 unspecified atom stereocenters. The molecule has 0 saturated heterocycles. The number of hydrogen-bond acceptors (Lipinski definition) is 5. The van der Waals surface area contributed by atoms with Crippen LogP contribution < -0.4 is 5.32 Å². The molecule has 1 aromatic carbocycles. The van der Waals surface area contributed by atoms with Crippen LogP contribution in [0.4, 0.5) is 11.4 Å². The molecule has 0 aromatic heterocycles. The zero-order chi connectivity index (χ0) is 14.7. The van der Waals surface area contributed by atoms with Crippen molar-refractivity contribution in [1.29, 1.82) is 0 Å². The van der Waals surface area contributed by atoms with Crippen molar-refractivity contribution in [2.75, 3.05) is 25.5 Å². The Morgan fingerprint density at radius 3 is 2.80 bits per heavy atom. The molecule has 2 N–H and O–H groups in total. The number of nitro groups is 1. The van der Waals surface area contributed by atoms with E-state index in [0.717, 1.165) is 6.54 Å². The fourth-order valence-electron chi connectivity index (χ4n) is 2.05. The van der Waals surface area contributed by atoms with Crippen LogP contribution in [0.25, 0.3) is 0 Å². The van der Waals surface area contributed by atoms with Crippen molar-refractivity contribution in [3.8, 4) is 0 Å². The molecule has 108 valence electrons. The first-order valence-corrected chi connectivity index (χ1v) is 6.45.